The van der Waals surface area contributed by atoms with E-state index in [9.17, 15) is 0 Å². The van der Waals surface area contributed by atoms with Gasteiger partial charge in [0, 0.05) is 12.1 Å². The Morgan fingerprint density at radius 3 is 2.61 bits per heavy atom. The molecule has 2 aromatic rings. The lowest BCUT2D eigenvalue weighted by Gasteiger charge is -2.09. The number of ether oxygens (including phenoxy) is 1. The molecule has 0 aliphatic rings. The summed E-state index contributed by atoms with van der Waals surface area (Å²) in [6.07, 6.45) is 0. The predicted octanol–water partition coefficient (Wildman–Crippen LogP) is 2.11. The van der Waals surface area contributed by atoms with Crippen LogP contribution in [-0.4, -0.2) is 22.3 Å². The summed E-state index contributed by atoms with van der Waals surface area (Å²) in [4.78, 5) is 4.32. The lowest BCUT2D eigenvalue weighted by molar-refractivity contribution is 0.410. The monoisotopic (exact) mass is 244 g/mol. The molecule has 0 radical (unpaired) electrons. The number of methoxy groups -OCH3 is 1. The van der Waals surface area contributed by atoms with Crippen LogP contribution in [0.2, 0.25) is 0 Å². The number of aryl methyl sites for hydroxylation is 2. The van der Waals surface area contributed by atoms with E-state index in [0.29, 0.717) is 12.5 Å². The van der Waals surface area contributed by atoms with Crippen molar-refractivity contribution < 1.29 is 4.74 Å². The van der Waals surface area contributed by atoms with E-state index in [1.807, 2.05) is 38.1 Å². The first-order valence-electron chi connectivity index (χ1n) is 5.74. The van der Waals surface area contributed by atoms with Crippen LogP contribution in [0.4, 0.5) is 5.95 Å². The van der Waals surface area contributed by atoms with Gasteiger partial charge in [0.1, 0.15) is 5.75 Å². The Morgan fingerprint density at radius 1 is 1.11 bits per heavy atom. The minimum Gasteiger partial charge on any atom is -0.496 e. The Balaban J connectivity index is 2.09. The third-order valence-corrected chi connectivity index (χ3v) is 2.72. The van der Waals surface area contributed by atoms with Crippen LogP contribution in [0.3, 0.4) is 0 Å². The van der Waals surface area contributed by atoms with E-state index in [4.69, 9.17) is 4.74 Å². The highest BCUT2D eigenvalue weighted by atomic mass is 16.5. The van der Waals surface area contributed by atoms with E-state index < -0.39 is 0 Å². The molecule has 0 unspecified atom stereocenters. The maximum atomic E-state index is 5.28. The Kier molecular flexibility index (Phi) is 3.72. The SMILES string of the molecule is COc1ccccc1CNc1nnc(C)c(C)n1. The quantitative estimate of drug-likeness (QED) is 0.892. The topological polar surface area (TPSA) is 59.9 Å². The molecule has 94 valence electrons. The number of anilines is 1. The minimum absolute atomic E-state index is 0.531. The van der Waals surface area contributed by atoms with Gasteiger partial charge in [0.2, 0.25) is 5.95 Å². The lowest BCUT2D eigenvalue weighted by atomic mass is 10.2. The summed E-state index contributed by atoms with van der Waals surface area (Å²) in [7, 11) is 1.66. The van der Waals surface area contributed by atoms with Crippen LogP contribution >= 0.6 is 0 Å². The Hall–Kier alpha value is -2.17. The van der Waals surface area contributed by atoms with Gasteiger partial charge in [-0.1, -0.05) is 18.2 Å². The highest BCUT2D eigenvalue weighted by Crippen LogP contribution is 2.17. The first kappa shape index (κ1) is 12.3. The van der Waals surface area contributed by atoms with E-state index >= 15 is 0 Å². The lowest BCUT2D eigenvalue weighted by Crippen LogP contribution is -2.07. The van der Waals surface area contributed by atoms with Gasteiger partial charge in [-0.3, -0.25) is 0 Å². The minimum atomic E-state index is 0.531. The van der Waals surface area contributed by atoms with Crippen LogP contribution in [0.5, 0.6) is 5.75 Å². The van der Waals surface area contributed by atoms with E-state index in [2.05, 4.69) is 20.5 Å². The molecule has 0 aliphatic carbocycles. The zero-order valence-corrected chi connectivity index (χ0v) is 10.8. The molecular weight excluding hydrogens is 228 g/mol. The van der Waals surface area contributed by atoms with Gasteiger partial charge >= 0.3 is 0 Å². The number of hydrogen-bond acceptors (Lipinski definition) is 5. The van der Waals surface area contributed by atoms with Crippen molar-refractivity contribution in [2.24, 2.45) is 0 Å². The zero-order valence-electron chi connectivity index (χ0n) is 10.8. The van der Waals surface area contributed by atoms with Crippen LogP contribution in [0.15, 0.2) is 24.3 Å². The van der Waals surface area contributed by atoms with Crippen LogP contribution in [-0.2, 0) is 6.54 Å². The number of rotatable bonds is 4. The van der Waals surface area contributed by atoms with Crippen molar-refractivity contribution in [3.05, 3.63) is 41.2 Å². The van der Waals surface area contributed by atoms with Gasteiger partial charge in [-0.25, -0.2) is 4.98 Å². The fraction of sp³-hybridized carbons (Fsp3) is 0.308. The molecule has 18 heavy (non-hydrogen) atoms. The number of nitrogens with one attached hydrogen (secondary N) is 1. The zero-order chi connectivity index (χ0) is 13.0. The van der Waals surface area contributed by atoms with Crippen molar-refractivity contribution in [1.82, 2.24) is 15.2 Å². The summed E-state index contributed by atoms with van der Waals surface area (Å²) >= 11 is 0. The van der Waals surface area contributed by atoms with Gasteiger partial charge in [-0.15, -0.1) is 5.10 Å². The summed E-state index contributed by atoms with van der Waals surface area (Å²) in [6.45, 7) is 4.41. The maximum Gasteiger partial charge on any atom is 0.243 e. The first-order valence-corrected chi connectivity index (χ1v) is 5.74. The highest BCUT2D eigenvalue weighted by Gasteiger charge is 2.04. The summed E-state index contributed by atoms with van der Waals surface area (Å²) in [5.74, 6) is 1.38. The standard InChI is InChI=1S/C13H16N4O/c1-9-10(2)16-17-13(15-9)14-8-11-6-4-5-7-12(11)18-3/h4-7H,8H2,1-3H3,(H,14,15,17). The van der Waals surface area contributed by atoms with Crippen LogP contribution < -0.4 is 10.1 Å². The molecule has 5 nitrogen and oxygen atoms in total. The largest absolute Gasteiger partial charge is 0.496 e. The fourth-order valence-corrected chi connectivity index (χ4v) is 1.56. The van der Waals surface area contributed by atoms with E-state index in [1.54, 1.807) is 7.11 Å². The molecule has 2 rings (SSSR count). The summed E-state index contributed by atoms with van der Waals surface area (Å²) in [5.41, 5.74) is 2.78. The number of benzene rings is 1. The number of nitrogens with zero attached hydrogens (tertiary/aromatic N) is 3. The van der Waals surface area contributed by atoms with Crippen molar-refractivity contribution in [2.75, 3.05) is 12.4 Å². The number of hydrogen-bond donors (Lipinski definition) is 1. The molecule has 1 heterocycles. The molecule has 0 atom stereocenters. The second kappa shape index (κ2) is 5.44. The molecule has 0 amide bonds. The van der Waals surface area contributed by atoms with Crippen molar-refractivity contribution in [3.63, 3.8) is 0 Å². The average Bonchev–Trinajstić information content (AvgIpc) is 2.40. The van der Waals surface area contributed by atoms with Crippen LogP contribution in [0.25, 0.3) is 0 Å². The van der Waals surface area contributed by atoms with Crippen molar-refractivity contribution in [3.8, 4) is 5.75 Å². The second-order valence-corrected chi connectivity index (χ2v) is 3.97. The molecule has 0 bridgehead atoms. The Bertz CT molecular complexity index is 542. The molecule has 0 saturated heterocycles. The smallest absolute Gasteiger partial charge is 0.243 e. The fourth-order valence-electron chi connectivity index (χ4n) is 1.56. The average molecular weight is 244 g/mol. The molecule has 1 aromatic carbocycles. The van der Waals surface area contributed by atoms with Gasteiger partial charge in [0.05, 0.1) is 18.5 Å². The highest BCUT2D eigenvalue weighted by molar-refractivity contribution is 5.36. The van der Waals surface area contributed by atoms with E-state index in [0.717, 1.165) is 22.7 Å². The first-order chi connectivity index (χ1) is 8.70. The molecule has 1 aromatic heterocycles. The number of aromatic nitrogens is 3. The van der Waals surface area contributed by atoms with Crippen LogP contribution in [0.1, 0.15) is 17.0 Å². The predicted molar refractivity (Wildman–Crippen MR) is 69.6 cm³/mol. The van der Waals surface area contributed by atoms with Crippen LogP contribution in [0, 0.1) is 13.8 Å². The molecule has 5 heteroatoms. The Labute approximate surface area is 106 Å². The summed E-state index contributed by atoms with van der Waals surface area (Å²) in [6, 6.07) is 7.84. The van der Waals surface area contributed by atoms with Gasteiger partial charge in [-0.05, 0) is 19.9 Å². The van der Waals surface area contributed by atoms with Gasteiger partial charge in [0.15, 0.2) is 0 Å². The van der Waals surface area contributed by atoms with Crippen molar-refractivity contribution >= 4 is 5.95 Å². The molecule has 0 fully saturated rings. The van der Waals surface area contributed by atoms with E-state index in [1.165, 1.54) is 0 Å². The third-order valence-electron chi connectivity index (χ3n) is 2.72. The maximum absolute atomic E-state index is 5.28. The summed E-state index contributed by atoms with van der Waals surface area (Å²) in [5, 5.41) is 11.2. The number of para-hydroxylation sites is 1. The molecule has 0 saturated carbocycles. The second-order valence-electron chi connectivity index (χ2n) is 3.97. The van der Waals surface area contributed by atoms with Gasteiger partial charge in [-0.2, -0.15) is 5.10 Å². The molecule has 0 aliphatic heterocycles. The van der Waals surface area contributed by atoms with Gasteiger partial charge in [0.25, 0.3) is 0 Å². The summed E-state index contributed by atoms with van der Waals surface area (Å²) < 4.78 is 5.28. The third kappa shape index (κ3) is 2.74. The van der Waals surface area contributed by atoms with E-state index in [-0.39, 0.29) is 0 Å². The molecular formula is C13H16N4O. The Morgan fingerprint density at radius 2 is 1.89 bits per heavy atom. The van der Waals surface area contributed by atoms with Crippen molar-refractivity contribution in [1.29, 1.82) is 0 Å². The normalized spacial score (nSPS) is 10.2. The van der Waals surface area contributed by atoms with Gasteiger partial charge < -0.3 is 10.1 Å². The van der Waals surface area contributed by atoms with Crippen molar-refractivity contribution in [2.45, 2.75) is 20.4 Å². The molecule has 1 N–H and O–H groups in total. The molecule has 0 spiro atoms.